The minimum Gasteiger partial charge on any atom is -0.368 e. The Kier molecular flexibility index (Phi) is 4.16. The van der Waals surface area contributed by atoms with Crippen LogP contribution in [0.25, 0.3) is 5.65 Å². The van der Waals surface area contributed by atoms with Crippen molar-refractivity contribution < 1.29 is 0 Å². The van der Waals surface area contributed by atoms with Crippen molar-refractivity contribution >= 4 is 11.3 Å². The Labute approximate surface area is 137 Å². The first-order chi connectivity index (χ1) is 11.3. The zero-order valence-corrected chi connectivity index (χ0v) is 14.0. The Morgan fingerprint density at radius 3 is 2.61 bits per heavy atom. The number of anilines is 1. The lowest BCUT2D eigenvalue weighted by Gasteiger charge is -2.38. The van der Waals surface area contributed by atoms with Crippen molar-refractivity contribution in [2.45, 2.75) is 39.0 Å². The zero-order valence-electron chi connectivity index (χ0n) is 14.0. The highest BCUT2D eigenvalue weighted by atomic mass is 15.4. The maximum absolute atomic E-state index is 4.46. The molecule has 0 amide bonds. The minimum absolute atomic E-state index is 0.837. The van der Waals surface area contributed by atoms with Gasteiger partial charge in [0.25, 0.3) is 0 Å². The summed E-state index contributed by atoms with van der Waals surface area (Å²) in [6.45, 7) is 7.71. The van der Waals surface area contributed by atoms with Gasteiger partial charge in [-0.2, -0.15) is 9.61 Å². The van der Waals surface area contributed by atoms with E-state index in [4.69, 9.17) is 0 Å². The van der Waals surface area contributed by atoms with Crippen molar-refractivity contribution in [1.29, 1.82) is 0 Å². The SMILES string of the molecule is Cc1nnc2cc(N3CCN(CC4CCCCC4)CC3)cnn12. The van der Waals surface area contributed by atoms with Crippen LogP contribution in [0.5, 0.6) is 0 Å². The summed E-state index contributed by atoms with van der Waals surface area (Å²) in [5.41, 5.74) is 2.01. The van der Waals surface area contributed by atoms with Crippen LogP contribution in [0, 0.1) is 12.8 Å². The number of aryl methyl sites for hydroxylation is 1. The van der Waals surface area contributed by atoms with E-state index in [1.807, 2.05) is 13.1 Å². The molecule has 2 aliphatic rings. The summed E-state index contributed by atoms with van der Waals surface area (Å²) < 4.78 is 1.79. The van der Waals surface area contributed by atoms with Crippen LogP contribution in [0.1, 0.15) is 37.9 Å². The van der Waals surface area contributed by atoms with Crippen LogP contribution in [0.3, 0.4) is 0 Å². The van der Waals surface area contributed by atoms with E-state index in [1.165, 1.54) is 44.3 Å². The van der Waals surface area contributed by atoms with Gasteiger partial charge in [0.1, 0.15) is 0 Å². The Morgan fingerprint density at radius 2 is 1.83 bits per heavy atom. The first kappa shape index (κ1) is 14.9. The molecule has 2 fully saturated rings. The van der Waals surface area contributed by atoms with Gasteiger partial charge in [-0.1, -0.05) is 19.3 Å². The summed E-state index contributed by atoms with van der Waals surface area (Å²) in [5, 5.41) is 12.7. The highest BCUT2D eigenvalue weighted by Gasteiger charge is 2.22. The van der Waals surface area contributed by atoms with Gasteiger partial charge in [-0.15, -0.1) is 10.2 Å². The molecule has 0 unspecified atom stereocenters. The van der Waals surface area contributed by atoms with Gasteiger partial charge in [-0.05, 0) is 25.7 Å². The predicted molar refractivity (Wildman–Crippen MR) is 90.7 cm³/mol. The average Bonchev–Trinajstić information content (AvgIpc) is 2.97. The second-order valence-electron chi connectivity index (χ2n) is 7.02. The fourth-order valence-corrected chi connectivity index (χ4v) is 3.99. The van der Waals surface area contributed by atoms with Crippen LogP contribution < -0.4 is 4.90 Å². The molecule has 1 saturated carbocycles. The number of fused-ring (bicyclic) bond motifs is 1. The molecular weight excluding hydrogens is 288 g/mol. The molecule has 4 rings (SSSR count). The lowest BCUT2D eigenvalue weighted by atomic mass is 9.89. The normalized spacial score (nSPS) is 21.2. The molecule has 2 aromatic heterocycles. The molecular formula is C17H26N6. The molecule has 1 aliphatic carbocycles. The van der Waals surface area contributed by atoms with Crippen molar-refractivity contribution in [3.05, 3.63) is 18.1 Å². The Bertz CT molecular complexity index is 652. The van der Waals surface area contributed by atoms with Crippen LogP contribution >= 0.6 is 0 Å². The smallest absolute Gasteiger partial charge is 0.179 e. The van der Waals surface area contributed by atoms with E-state index in [9.17, 15) is 0 Å². The van der Waals surface area contributed by atoms with Crippen LogP contribution in [0.2, 0.25) is 0 Å². The van der Waals surface area contributed by atoms with Crippen LogP contribution in [0.15, 0.2) is 12.3 Å². The largest absolute Gasteiger partial charge is 0.368 e. The lowest BCUT2D eigenvalue weighted by Crippen LogP contribution is -2.48. The summed E-state index contributed by atoms with van der Waals surface area (Å²) in [4.78, 5) is 5.08. The highest BCUT2D eigenvalue weighted by molar-refractivity contribution is 5.54. The standard InChI is InChI=1S/C17H26N6/c1-14-19-20-17-11-16(12-18-23(14)17)22-9-7-21(8-10-22)13-15-5-3-2-4-6-15/h11-12,15H,2-10,13H2,1H3. The Hall–Kier alpha value is -1.69. The van der Waals surface area contributed by atoms with E-state index >= 15 is 0 Å². The Morgan fingerprint density at radius 1 is 1.04 bits per heavy atom. The molecule has 0 radical (unpaired) electrons. The topological polar surface area (TPSA) is 49.6 Å². The molecule has 0 aromatic carbocycles. The minimum atomic E-state index is 0.837. The van der Waals surface area contributed by atoms with Crippen molar-refractivity contribution in [3.8, 4) is 0 Å². The summed E-state index contributed by atoms with van der Waals surface area (Å²) in [7, 11) is 0. The van der Waals surface area contributed by atoms with E-state index in [2.05, 4.69) is 31.2 Å². The fourth-order valence-electron chi connectivity index (χ4n) is 3.99. The fraction of sp³-hybridized carbons (Fsp3) is 0.706. The number of nitrogens with zero attached hydrogens (tertiary/aromatic N) is 6. The predicted octanol–water partition coefficient (Wildman–Crippen LogP) is 2.14. The second-order valence-corrected chi connectivity index (χ2v) is 7.02. The van der Waals surface area contributed by atoms with Crippen molar-refractivity contribution in [2.24, 2.45) is 5.92 Å². The average molecular weight is 314 g/mol. The van der Waals surface area contributed by atoms with Crippen LogP contribution in [0.4, 0.5) is 5.69 Å². The van der Waals surface area contributed by atoms with Gasteiger partial charge in [0.05, 0.1) is 11.9 Å². The molecule has 1 aliphatic heterocycles. The molecule has 3 heterocycles. The molecule has 6 nitrogen and oxygen atoms in total. The number of rotatable bonds is 3. The van der Waals surface area contributed by atoms with E-state index in [-0.39, 0.29) is 0 Å². The summed E-state index contributed by atoms with van der Waals surface area (Å²) in [6.07, 6.45) is 9.14. The maximum Gasteiger partial charge on any atom is 0.179 e. The summed E-state index contributed by atoms with van der Waals surface area (Å²) >= 11 is 0. The third-order valence-corrected chi connectivity index (χ3v) is 5.38. The number of hydrogen-bond acceptors (Lipinski definition) is 5. The van der Waals surface area contributed by atoms with Crippen LogP contribution in [-0.2, 0) is 0 Å². The highest BCUT2D eigenvalue weighted by Crippen LogP contribution is 2.25. The first-order valence-electron chi connectivity index (χ1n) is 8.95. The van der Waals surface area contributed by atoms with E-state index < -0.39 is 0 Å². The molecule has 0 spiro atoms. The van der Waals surface area contributed by atoms with Gasteiger partial charge in [0, 0.05) is 38.8 Å². The van der Waals surface area contributed by atoms with E-state index in [1.54, 1.807) is 4.52 Å². The van der Waals surface area contributed by atoms with Crippen molar-refractivity contribution in [2.75, 3.05) is 37.6 Å². The quantitative estimate of drug-likeness (QED) is 0.869. The van der Waals surface area contributed by atoms with Gasteiger partial charge < -0.3 is 4.90 Å². The van der Waals surface area contributed by atoms with Gasteiger partial charge >= 0.3 is 0 Å². The monoisotopic (exact) mass is 314 g/mol. The molecule has 0 bridgehead atoms. The zero-order chi connectivity index (χ0) is 15.6. The molecule has 0 atom stereocenters. The van der Waals surface area contributed by atoms with E-state index in [0.717, 1.165) is 43.6 Å². The van der Waals surface area contributed by atoms with Gasteiger partial charge in [-0.3, -0.25) is 4.90 Å². The maximum atomic E-state index is 4.46. The molecule has 1 saturated heterocycles. The third kappa shape index (κ3) is 3.17. The molecule has 6 heteroatoms. The lowest BCUT2D eigenvalue weighted by molar-refractivity contribution is 0.192. The number of piperazine rings is 1. The van der Waals surface area contributed by atoms with Gasteiger partial charge in [-0.25, -0.2) is 0 Å². The van der Waals surface area contributed by atoms with Crippen molar-refractivity contribution in [3.63, 3.8) is 0 Å². The number of hydrogen-bond donors (Lipinski definition) is 0. The Balaban J connectivity index is 1.36. The summed E-state index contributed by atoms with van der Waals surface area (Å²) in [6, 6.07) is 2.10. The first-order valence-corrected chi connectivity index (χ1v) is 8.95. The molecule has 23 heavy (non-hydrogen) atoms. The van der Waals surface area contributed by atoms with Gasteiger partial charge in [0.2, 0.25) is 0 Å². The summed E-state index contributed by atoms with van der Waals surface area (Å²) in [5.74, 6) is 1.77. The van der Waals surface area contributed by atoms with Crippen molar-refractivity contribution in [1.82, 2.24) is 24.7 Å². The van der Waals surface area contributed by atoms with E-state index in [0.29, 0.717) is 0 Å². The second kappa shape index (κ2) is 6.43. The number of aromatic nitrogens is 4. The molecule has 124 valence electrons. The van der Waals surface area contributed by atoms with Gasteiger partial charge in [0.15, 0.2) is 11.5 Å². The molecule has 0 N–H and O–H groups in total. The van der Waals surface area contributed by atoms with Crippen LogP contribution in [-0.4, -0.2) is 57.4 Å². The third-order valence-electron chi connectivity index (χ3n) is 5.38. The molecule has 2 aromatic rings.